The minimum atomic E-state index is -0.560. The SMILES string of the molecule is O=C([C@H]1COc2ccccc2O1)N1CC[NH+](Cc2ccccc2Cl)CC1. The van der Waals surface area contributed by atoms with E-state index in [-0.39, 0.29) is 12.5 Å². The van der Waals surface area contributed by atoms with E-state index in [9.17, 15) is 4.79 Å². The molecule has 26 heavy (non-hydrogen) atoms. The zero-order valence-corrected chi connectivity index (χ0v) is 15.2. The summed E-state index contributed by atoms with van der Waals surface area (Å²) in [4.78, 5) is 16.1. The number of halogens is 1. The van der Waals surface area contributed by atoms with Crippen molar-refractivity contribution in [2.45, 2.75) is 12.6 Å². The molecular weight excluding hydrogens is 352 g/mol. The average molecular weight is 374 g/mol. The molecule has 0 radical (unpaired) electrons. The molecule has 1 amide bonds. The fraction of sp³-hybridized carbons (Fsp3) is 0.350. The van der Waals surface area contributed by atoms with Crippen molar-refractivity contribution in [1.82, 2.24) is 4.90 Å². The van der Waals surface area contributed by atoms with Crippen LogP contribution in [0.2, 0.25) is 5.02 Å². The number of carbonyl (C=O) groups excluding carboxylic acids is 1. The second-order valence-electron chi connectivity index (χ2n) is 6.71. The number of rotatable bonds is 3. The number of hydrogen-bond donors (Lipinski definition) is 1. The van der Waals surface area contributed by atoms with Crippen molar-refractivity contribution in [3.8, 4) is 11.5 Å². The van der Waals surface area contributed by atoms with Gasteiger partial charge in [0.2, 0.25) is 6.10 Å². The highest BCUT2D eigenvalue weighted by Gasteiger charge is 2.33. The Labute approximate surface area is 158 Å². The van der Waals surface area contributed by atoms with Gasteiger partial charge in [-0.05, 0) is 18.2 Å². The van der Waals surface area contributed by atoms with Gasteiger partial charge in [-0.25, -0.2) is 0 Å². The second kappa shape index (κ2) is 7.56. The topological polar surface area (TPSA) is 43.2 Å². The first-order chi connectivity index (χ1) is 12.7. The highest BCUT2D eigenvalue weighted by Crippen LogP contribution is 2.31. The Bertz CT molecular complexity index is 790. The number of quaternary nitrogens is 1. The Hall–Kier alpha value is -2.24. The van der Waals surface area contributed by atoms with Crippen molar-refractivity contribution in [2.75, 3.05) is 32.8 Å². The lowest BCUT2D eigenvalue weighted by atomic mass is 10.2. The molecule has 0 saturated carbocycles. The molecule has 0 aromatic heterocycles. The molecule has 0 unspecified atom stereocenters. The molecule has 2 aromatic carbocycles. The van der Waals surface area contributed by atoms with Crippen LogP contribution in [-0.4, -0.2) is 49.7 Å². The normalized spacial score (nSPS) is 20.0. The van der Waals surface area contributed by atoms with Crippen LogP contribution in [-0.2, 0) is 11.3 Å². The van der Waals surface area contributed by atoms with E-state index in [0.717, 1.165) is 43.3 Å². The van der Waals surface area contributed by atoms with Gasteiger partial charge in [-0.2, -0.15) is 0 Å². The van der Waals surface area contributed by atoms with Gasteiger partial charge >= 0.3 is 0 Å². The molecule has 1 N–H and O–H groups in total. The van der Waals surface area contributed by atoms with Gasteiger partial charge in [0.15, 0.2) is 11.5 Å². The molecule has 6 heteroatoms. The van der Waals surface area contributed by atoms with Crippen molar-refractivity contribution in [3.63, 3.8) is 0 Å². The zero-order valence-electron chi connectivity index (χ0n) is 14.5. The summed E-state index contributed by atoms with van der Waals surface area (Å²) >= 11 is 6.26. The number of nitrogens with zero attached hydrogens (tertiary/aromatic N) is 1. The smallest absolute Gasteiger partial charge is 0.267 e. The lowest BCUT2D eigenvalue weighted by Gasteiger charge is -2.35. The highest BCUT2D eigenvalue weighted by atomic mass is 35.5. The average Bonchev–Trinajstić information content (AvgIpc) is 2.69. The Kier molecular flexibility index (Phi) is 5.00. The van der Waals surface area contributed by atoms with E-state index in [1.807, 2.05) is 47.4 Å². The largest absolute Gasteiger partial charge is 0.485 e. The summed E-state index contributed by atoms with van der Waals surface area (Å²) in [5.41, 5.74) is 1.16. The number of ether oxygens (including phenoxy) is 2. The Morgan fingerprint density at radius 3 is 2.54 bits per heavy atom. The maximum Gasteiger partial charge on any atom is 0.267 e. The van der Waals surface area contributed by atoms with Crippen molar-refractivity contribution < 1.29 is 19.2 Å². The van der Waals surface area contributed by atoms with Crippen LogP contribution >= 0.6 is 11.6 Å². The molecule has 0 aliphatic carbocycles. The van der Waals surface area contributed by atoms with Crippen LogP contribution in [0.5, 0.6) is 11.5 Å². The van der Waals surface area contributed by atoms with Crippen molar-refractivity contribution in [1.29, 1.82) is 0 Å². The number of carbonyl (C=O) groups is 1. The lowest BCUT2D eigenvalue weighted by molar-refractivity contribution is -0.917. The summed E-state index contributed by atoms with van der Waals surface area (Å²) in [6, 6.07) is 15.4. The summed E-state index contributed by atoms with van der Waals surface area (Å²) < 4.78 is 11.5. The number of hydrogen-bond acceptors (Lipinski definition) is 3. The minimum Gasteiger partial charge on any atom is -0.485 e. The van der Waals surface area contributed by atoms with E-state index in [4.69, 9.17) is 21.1 Å². The summed E-state index contributed by atoms with van der Waals surface area (Å²) in [6.07, 6.45) is -0.560. The van der Waals surface area contributed by atoms with Crippen LogP contribution in [0, 0.1) is 0 Å². The van der Waals surface area contributed by atoms with Gasteiger partial charge in [0.25, 0.3) is 5.91 Å². The third-order valence-electron chi connectivity index (χ3n) is 4.96. The van der Waals surface area contributed by atoms with Crippen LogP contribution in [0.3, 0.4) is 0 Å². The molecule has 4 rings (SSSR count). The number of para-hydroxylation sites is 2. The quantitative estimate of drug-likeness (QED) is 0.884. The van der Waals surface area contributed by atoms with Gasteiger partial charge in [-0.1, -0.05) is 41.9 Å². The number of fused-ring (bicyclic) bond motifs is 1. The Morgan fingerprint density at radius 1 is 1.08 bits per heavy atom. The van der Waals surface area contributed by atoms with Gasteiger partial charge in [0.05, 0.1) is 26.2 Å². The molecule has 1 fully saturated rings. The molecular formula is C20H22ClN2O3+. The zero-order chi connectivity index (χ0) is 17.9. The molecule has 1 atom stereocenters. The number of benzene rings is 2. The summed E-state index contributed by atoms with van der Waals surface area (Å²) in [6.45, 7) is 4.41. The maximum absolute atomic E-state index is 12.8. The maximum atomic E-state index is 12.8. The van der Waals surface area contributed by atoms with Crippen LogP contribution in [0.15, 0.2) is 48.5 Å². The highest BCUT2D eigenvalue weighted by molar-refractivity contribution is 6.31. The second-order valence-corrected chi connectivity index (χ2v) is 7.11. The molecule has 136 valence electrons. The summed E-state index contributed by atoms with van der Waals surface area (Å²) in [5, 5.41) is 0.810. The van der Waals surface area contributed by atoms with Crippen molar-refractivity contribution in [3.05, 3.63) is 59.1 Å². The van der Waals surface area contributed by atoms with Crippen LogP contribution in [0.25, 0.3) is 0 Å². The standard InChI is InChI=1S/C20H21ClN2O3/c21-16-6-2-1-5-15(16)13-22-9-11-23(12-10-22)20(24)19-14-25-17-7-3-4-8-18(17)26-19/h1-8,19H,9-14H2/p+1/t19-/m1/s1. The van der Waals surface area contributed by atoms with E-state index in [1.54, 1.807) is 0 Å². The number of amides is 1. The predicted octanol–water partition coefficient (Wildman–Crippen LogP) is 1.41. The van der Waals surface area contributed by atoms with Crippen LogP contribution < -0.4 is 14.4 Å². The van der Waals surface area contributed by atoms with E-state index in [0.29, 0.717) is 11.5 Å². The van der Waals surface area contributed by atoms with Gasteiger partial charge < -0.3 is 19.3 Å². The van der Waals surface area contributed by atoms with Gasteiger partial charge in [-0.3, -0.25) is 4.79 Å². The number of piperazine rings is 1. The predicted molar refractivity (Wildman–Crippen MR) is 98.8 cm³/mol. The minimum absolute atomic E-state index is 0.0105. The third kappa shape index (κ3) is 3.64. The molecule has 2 aliphatic rings. The van der Waals surface area contributed by atoms with Gasteiger partial charge in [-0.15, -0.1) is 0 Å². The van der Waals surface area contributed by atoms with Gasteiger partial charge in [0.1, 0.15) is 13.2 Å². The fourth-order valence-electron chi connectivity index (χ4n) is 3.48. The molecule has 2 heterocycles. The molecule has 2 aliphatic heterocycles. The van der Waals surface area contributed by atoms with Crippen molar-refractivity contribution in [2.24, 2.45) is 0 Å². The fourth-order valence-corrected chi connectivity index (χ4v) is 3.68. The molecule has 1 saturated heterocycles. The van der Waals surface area contributed by atoms with E-state index < -0.39 is 6.10 Å². The molecule has 2 aromatic rings. The van der Waals surface area contributed by atoms with E-state index in [2.05, 4.69) is 6.07 Å². The Balaban J connectivity index is 1.32. The first kappa shape index (κ1) is 17.2. The van der Waals surface area contributed by atoms with Gasteiger partial charge in [0, 0.05) is 10.6 Å². The molecule has 0 spiro atoms. The summed E-state index contributed by atoms with van der Waals surface area (Å²) in [5.74, 6) is 1.35. The first-order valence-electron chi connectivity index (χ1n) is 8.95. The van der Waals surface area contributed by atoms with Crippen LogP contribution in [0.4, 0.5) is 0 Å². The van der Waals surface area contributed by atoms with Crippen molar-refractivity contribution >= 4 is 17.5 Å². The Morgan fingerprint density at radius 2 is 1.77 bits per heavy atom. The monoisotopic (exact) mass is 373 g/mol. The number of nitrogens with one attached hydrogen (secondary N) is 1. The lowest BCUT2D eigenvalue weighted by Crippen LogP contribution is -3.13. The first-order valence-corrected chi connectivity index (χ1v) is 9.33. The molecule has 5 nitrogen and oxygen atoms in total. The third-order valence-corrected chi connectivity index (χ3v) is 5.33. The summed E-state index contributed by atoms with van der Waals surface area (Å²) in [7, 11) is 0. The van der Waals surface area contributed by atoms with E-state index in [1.165, 1.54) is 4.90 Å². The molecule has 0 bridgehead atoms. The van der Waals surface area contributed by atoms with E-state index >= 15 is 0 Å². The van der Waals surface area contributed by atoms with Crippen LogP contribution in [0.1, 0.15) is 5.56 Å².